The Balaban J connectivity index is 0.00000162. The number of rotatable bonds is 10. The number of carboxylic acid groups (broad SMARTS) is 2. The van der Waals surface area contributed by atoms with E-state index in [-0.39, 0.29) is 40.0 Å². The molecule has 3 N–H and O–H groups in total. The van der Waals surface area contributed by atoms with Gasteiger partial charge in [-0.15, -0.1) is 6.58 Å². The summed E-state index contributed by atoms with van der Waals surface area (Å²) in [6.07, 6.45) is 15.9. The summed E-state index contributed by atoms with van der Waals surface area (Å²) in [7, 11) is 0. The van der Waals surface area contributed by atoms with Gasteiger partial charge in [-0.3, -0.25) is 14.5 Å². The number of aliphatic carboxylic acids is 1. The number of hydrogen-bond acceptors (Lipinski definition) is 4. The summed E-state index contributed by atoms with van der Waals surface area (Å²) in [4.78, 5) is 38.9. The quantitative estimate of drug-likeness (QED) is 0.210. The van der Waals surface area contributed by atoms with E-state index in [9.17, 15) is 24.6 Å². The van der Waals surface area contributed by atoms with Gasteiger partial charge in [0.2, 0.25) is 5.91 Å². The fourth-order valence-corrected chi connectivity index (χ4v) is 12.9. The van der Waals surface area contributed by atoms with Crippen molar-refractivity contribution in [2.24, 2.45) is 51.2 Å². The molecule has 282 valence electrons. The molecule has 0 saturated heterocycles. The van der Waals surface area contributed by atoms with E-state index in [1.165, 1.54) is 37.7 Å². The standard InChI is InChI=1S/C41H60N2O5.C3H6/c1-26(2)43(24-18-35(44)45)25-23-42-37(48)41-19-7-8-32(41)29-13-14-34-39(5,31(29)16-22-41)21-17-33-38(3,4)30(15-20-40(33,34)6)27-9-11-28(12-10-27)36(46)47;1-3-2/h9-12,15,26,29,31-34H,7-8,13-14,16-25H2,1-6H3,(H,42,48)(H,44,45)(H,46,47);3H,1H2,2H3. The van der Waals surface area contributed by atoms with Crippen LogP contribution in [0.25, 0.3) is 5.57 Å². The molecule has 7 nitrogen and oxygen atoms in total. The summed E-state index contributed by atoms with van der Waals surface area (Å²) in [6, 6.07) is 7.74. The van der Waals surface area contributed by atoms with Crippen molar-refractivity contribution in [3.63, 3.8) is 0 Å². The van der Waals surface area contributed by atoms with Crippen LogP contribution in [0.15, 0.2) is 43.0 Å². The van der Waals surface area contributed by atoms with Gasteiger partial charge in [-0.1, -0.05) is 58.4 Å². The first-order valence-corrected chi connectivity index (χ1v) is 19.9. The van der Waals surface area contributed by atoms with Crippen LogP contribution in [-0.4, -0.2) is 58.6 Å². The van der Waals surface area contributed by atoms with Gasteiger partial charge < -0.3 is 15.5 Å². The molecule has 51 heavy (non-hydrogen) atoms. The Morgan fingerprint density at radius 2 is 1.59 bits per heavy atom. The van der Waals surface area contributed by atoms with Crippen molar-refractivity contribution >= 4 is 23.4 Å². The number of nitrogens with one attached hydrogen (secondary N) is 1. The second-order valence-corrected chi connectivity index (χ2v) is 18.1. The monoisotopic (exact) mass is 702 g/mol. The molecule has 0 bridgehead atoms. The lowest BCUT2D eigenvalue weighted by Gasteiger charge is -2.68. The van der Waals surface area contributed by atoms with E-state index in [0.29, 0.717) is 54.8 Å². The van der Waals surface area contributed by atoms with Crippen LogP contribution in [0.2, 0.25) is 0 Å². The van der Waals surface area contributed by atoms with E-state index in [4.69, 9.17) is 0 Å². The lowest BCUT2D eigenvalue weighted by atomic mass is 9.36. The number of fused-ring (bicyclic) bond motifs is 7. The molecule has 4 saturated carbocycles. The predicted octanol–water partition coefficient (Wildman–Crippen LogP) is 9.34. The van der Waals surface area contributed by atoms with Gasteiger partial charge in [0.05, 0.1) is 17.4 Å². The molecule has 0 radical (unpaired) electrons. The molecule has 1 aromatic carbocycles. The Morgan fingerprint density at radius 1 is 0.902 bits per heavy atom. The molecule has 5 aliphatic rings. The first-order chi connectivity index (χ1) is 24.1. The van der Waals surface area contributed by atoms with E-state index >= 15 is 0 Å². The third-order valence-electron chi connectivity index (χ3n) is 15.0. The molecule has 5 aliphatic carbocycles. The maximum absolute atomic E-state index is 14.1. The highest BCUT2D eigenvalue weighted by molar-refractivity contribution is 5.88. The van der Waals surface area contributed by atoms with Crippen molar-refractivity contribution in [3.8, 4) is 0 Å². The zero-order valence-corrected chi connectivity index (χ0v) is 32.6. The second kappa shape index (κ2) is 15.2. The summed E-state index contributed by atoms with van der Waals surface area (Å²) in [5, 5.41) is 22.0. The maximum Gasteiger partial charge on any atom is 0.335 e. The lowest BCUT2D eigenvalue weighted by Crippen LogP contribution is -2.62. The van der Waals surface area contributed by atoms with Crippen molar-refractivity contribution in [1.82, 2.24) is 10.2 Å². The van der Waals surface area contributed by atoms with Crippen molar-refractivity contribution in [2.75, 3.05) is 19.6 Å². The van der Waals surface area contributed by atoms with Gasteiger partial charge in [0.1, 0.15) is 0 Å². The number of hydrogen-bond donors (Lipinski definition) is 3. The van der Waals surface area contributed by atoms with Crippen LogP contribution in [0.3, 0.4) is 0 Å². The molecule has 8 unspecified atom stereocenters. The molecule has 0 aromatic heterocycles. The van der Waals surface area contributed by atoms with Crippen molar-refractivity contribution in [3.05, 3.63) is 54.1 Å². The van der Waals surface area contributed by atoms with Gasteiger partial charge in [-0.2, -0.15) is 0 Å². The van der Waals surface area contributed by atoms with Crippen LogP contribution in [0.5, 0.6) is 0 Å². The van der Waals surface area contributed by atoms with Gasteiger partial charge in [-0.05, 0) is 148 Å². The molecule has 7 heteroatoms. The maximum atomic E-state index is 14.1. The number of benzene rings is 1. The molecule has 4 fully saturated rings. The fraction of sp³-hybridized carbons (Fsp3) is 0.705. The fourth-order valence-electron chi connectivity index (χ4n) is 12.9. The smallest absolute Gasteiger partial charge is 0.335 e. The van der Waals surface area contributed by atoms with E-state index in [2.05, 4.69) is 64.4 Å². The molecular weight excluding hydrogens is 636 g/mol. The van der Waals surface area contributed by atoms with Crippen LogP contribution in [0.4, 0.5) is 0 Å². The van der Waals surface area contributed by atoms with Crippen LogP contribution in [-0.2, 0) is 9.59 Å². The van der Waals surface area contributed by atoms with Crippen LogP contribution >= 0.6 is 0 Å². The normalized spacial score (nSPS) is 34.8. The Labute approximate surface area is 307 Å². The number of carboxylic acids is 2. The number of aromatic carboxylic acids is 1. The molecule has 0 spiro atoms. The molecule has 8 atom stereocenters. The minimum absolute atomic E-state index is 0.0000472. The summed E-state index contributed by atoms with van der Waals surface area (Å²) >= 11 is 0. The van der Waals surface area contributed by atoms with Crippen molar-refractivity contribution < 1.29 is 24.6 Å². The largest absolute Gasteiger partial charge is 0.481 e. The molecule has 1 aromatic rings. The summed E-state index contributed by atoms with van der Waals surface area (Å²) in [6.45, 7) is 21.3. The molecular formula is C44H66N2O5. The van der Waals surface area contributed by atoms with Gasteiger partial charge in [0.25, 0.3) is 0 Å². The third-order valence-corrected chi connectivity index (χ3v) is 15.0. The summed E-state index contributed by atoms with van der Waals surface area (Å²) < 4.78 is 0. The van der Waals surface area contributed by atoms with Gasteiger partial charge in [0.15, 0.2) is 0 Å². The lowest BCUT2D eigenvalue weighted by molar-refractivity contribution is -0.181. The molecule has 6 rings (SSSR count). The molecule has 1 amide bonds. The number of allylic oxidation sites excluding steroid dienone is 3. The van der Waals surface area contributed by atoms with E-state index in [1.54, 1.807) is 18.2 Å². The van der Waals surface area contributed by atoms with Crippen LogP contribution in [0, 0.1) is 51.2 Å². The van der Waals surface area contributed by atoms with E-state index in [0.717, 1.165) is 37.7 Å². The zero-order valence-electron chi connectivity index (χ0n) is 32.6. The number of nitrogens with zero attached hydrogens (tertiary/aromatic N) is 1. The van der Waals surface area contributed by atoms with Gasteiger partial charge >= 0.3 is 11.9 Å². The number of carbonyl (C=O) groups is 3. The Hall–Kier alpha value is -2.93. The highest BCUT2D eigenvalue weighted by Gasteiger charge is 2.66. The number of carbonyl (C=O) groups excluding carboxylic acids is 1. The number of amides is 1. The summed E-state index contributed by atoms with van der Waals surface area (Å²) in [5.41, 5.74) is 3.13. The van der Waals surface area contributed by atoms with Crippen LogP contribution in [0.1, 0.15) is 135 Å². The van der Waals surface area contributed by atoms with Crippen molar-refractivity contribution in [2.45, 2.75) is 125 Å². The minimum Gasteiger partial charge on any atom is -0.481 e. The van der Waals surface area contributed by atoms with E-state index < -0.39 is 11.9 Å². The third kappa shape index (κ3) is 7.10. The molecule has 0 aliphatic heterocycles. The Morgan fingerprint density at radius 3 is 2.22 bits per heavy atom. The second-order valence-electron chi connectivity index (χ2n) is 18.1. The Bertz CT molecular complexity index is 1480. The van der Waals surface area contributed by atoms with Gasteiger partial charge in [0, 0.05) is 25.7 Å². The zero-order chi connectivity index (χ0) is 37.4. The topological polar surface area (TPSA) is 107 Å². The van der Waals surface area contributed by atoms with Crippen molar-refractivity contribution in [1.29, 1.82) is 0 Å². The Kier molecular flexibility index (Phi) is 11.7. The minimum atomic E-state index is -0.880. The van der Waals surface area contributed by atoms with Crippen LogP contribution < -0.4 is 5.32 Å². The average Bonchev–Trinajstić information content (AvgIpc) is 3.52. The molecule has 0 heterocycles. The summed E-state index contributed by atoms with van der Waals surface area (Å²) in [5.74, 6) is 1.58. The SMILES string of the molecule is C=CC.CC(C)N(CCNC(=O)C12CCCC1C1CCC3C(C)(CCC4C(C)(C)C(c5ccc(C(=O)O)cc5)=CCC43C)C1CC2)CCC(=O)O. The van der Waals surface area contributed by atoms with E-state index in [1.807, 2.05) is 19.1 Å². The highest BCUT2D eigenvalue weighted by Crippen LogP contribution is 2.73. The first-order valence-electron chi connectivity index (χ1n) is 19.9. The van der Waals surface area contributed by atoms with Gasteiger partial charge in [-0.25, -0.2) is 4.79 Å². The average molecular weight is 703 g/mol. The predicted molar refractivity (Wildman–Crippen MR) is 205 cm³/mol. The highest BCUT2D eigenvalue weighted by atomic mass is 16.4. The first kappa shape index (κ1) is 39.3.